The van der Waals surface area contributed by atoms with E-state index in [1.54, 1.807) is 7.05 Å². The lowest BCUT2D eigenvalue weighted by Gasteiger charge is -2.29. The number of nitrogens with zero attached hydrogens (tertiary/aromatic N) is 2. The van der Waals surface area contributed by atoms with Crippen LogP contribution >= 0.6 is 0 Å². The van der Waals surface area contributed by atoms with E-state index in [4.69, 9.17) is 14.6 Å². The molecule has 1 aliphatic rings. The Hall–Kier alpha value is -3.09. The molecule has 1 aliphatic heterocycles. The van der Waals surface area contributed by atoms with Crippen LogP contribution in [0.4, 0.5) is 0 Å². The van der Waals surface area contributed by atoms with Gasteiger partial charge in [0.05, 0.1) is 12.1 Å². The molecule has 0 saturated heterocycles. The number of carbonyl (C=O) groups is 2. The number of hydrogen-bond acceptors (Lipinski definition) is 5. The summed E-state index contributed by atoms with van der Waals surface area (Å²) < 4.78 is 11.5. The predicted octanol–water partition coefficient (Wildman–Crippen LogP) is 1.69. The SMILES string of the molecule is CN(C[C@@H]1COc2ccccc2O1)C(=O)c1ccc(C(=O)O)nc1. The summed E-state index contributed by atoms with van der Waals surface area (Å²) in [6.07, 6.45) is 0.982. The maximum atomic E-state index is 12.4. The quantitative estimate of drug-likeness (QED) is 0.919. The van der Waals surface area contributed by atoms with Crippen molar-refractivity contribution in [2.45, 2.75) is 6.10 Å². The number of hydrogen-bond donors (Lipinski definition) is 1. The zero-order valence-electron chi connectivity index (χ0n) is 13.0. The zero-order chi connectivity index (χ0) is 17.1. The van der Waals surface area contributed by atoms with Gasteiger partial charge in [0.25, 0.3) is 5.91 Å². The third-order valence-corrected chi connectivity index (χ3v) is 3.62. The maximum absolute atomic E-state index is 12.4. The van der Waals surface area contributed by atoms with Crippen molar-refractivity contribution in [3.05, 3.63) is 53.9 Å². The third-order valence-electron chi connectivity index (χ3n) is 3.62. The van der Waals surface area contributed by atoms with E-state index in [1.807, 2.05) is 24.3 Å². The number of para-hydroxylation sites is 2. The van der Waals surface area contributed by atoms with Gasteiger partial charge in [-0.1, -0.05) is 12.1 Å². The van der Waals surface area contributed by atoms with Gasteiger partial charge in [-0.25, -0.2) is 9.78 Å². The summed E-state index contributed by atoms with van der Waals surface area (Å²) in [5.74, 6) is -0.0473. The number of carboxylic acids is 1. The minimum Gasteiger partial charge on any atom is -0.486 e. The summed E-state index contributed by atoms with van der Waals surface area (Å²) in [4.78, 5) is 28.4. The Kier molecular flexibility index (Phi) is 4.33. The molecule has 0 radical (unpaired) electrons. The van der Waals surface area contributed by atoms with Gasteiger partial charge < -0.3 is 19.5 Å². The number of carboxylic acid groups (broad SMARTS) is 1. The molecule has 0 bridgehead atoms. The van der Waals surface area contributed by atoms with E-state index in [-0.39, 0.29) is 17.7 Å². The van der Waals surface area contributed by atoms with Gasteiger partial charge in [-0.05, 0) is 24.3 Å². The molecule has 1 N–H and O–H groups in total. The fourth-order valence-corrected chi connectivity index (χ4v) is 2.41. The van der Waals surface area contributed by atoms with Gasteiger partial charge in [0.2, 0.25) is 0 Å². The molecule has 0 unspecified atom stereocenters. The molecular weight excluding hydrogens is 312 g/mol. The number of fused-ring (bicyclic) bond motifs is 1. The Balaban J connectivity index is 1.63. The van der Waals surface area contributed by atoms with Crippen molar-refractivity contribution < 1.29 is 24.2 Å². The molecule has 1 aromatic heterocycles. The molecule has 7 nitrogen and oxygen atoms in total. The molecule has 24 heavy (non-hydrogen) atoms. The van der Waals surface area contributed by atoms with Gasteiger partial charge in [-0.3, -0.25) is 4.79 Å². The zero-order valence-corrected chi connectivity index (χ0v) is 13.0. The van der Waals surface area contributed by atoms with Crippen LogP contribution in [0.5, 0.6) is 11.5 Å². The van der Waals surface area contributed by atoms with E-state index in [0.717, 1.165) is 0 Å². The van der Waals surface area contributed by atoms with Gasteiger partial charge in [-0.15, -0.1) is 0 Å². The molecule has 2 heterocycles. The highest BCUT2D eigenvalue weighted by Crippen LogP contribution is 2.31. The lowest BCUT2D eigenvalue weighted by Crippen LogP contribution is -2.41. The normalized spacial score (nSPS) is 15.6. The van der Waals surface area contributed by atoms with E-state index in [2.05, 4.69) is 4.98 Å². The number of aromatic nitrogens is 1. The predicted molar refractivity (Wildman–Crippen MR) is 84.5 cm³/mol. The molecule has 2 aromatic rings. The topological polar surface area (TPSA) is 89.0 Å². The second kappa shape index (κ2) is 6.57. The van der Waals surface area contributed by atoms with Crippen molar-refractivity contribution in [2.75, 3.05) is 20.2 Å². The van der Waals surface area contributed by atoms with Crippen LogP contribution in [0.1, 0.15) is 20.8 Å². The summed E-state index contributed by atoms with van der Waals surface area (Å²) in [6.45, 7) is 0.693. The van der Waals surface area contributed by atoms with Gasteiger partial charge >= 0.3 is 5.97 Å². The molecule has 0 fully saturated rings. The molecule has 124 valence electrons. The largest absolute Gasteiger partial charge is 0.486 e. The Labute approximate surface area is 138 Å². The van der Waals surface area contributed by atoms with Crippen molar-refractivity contribution in [1.82, 2.24) is 9.88 Å². The summed E-state index contributed by atoms with van der Waals surface area (Å²) in [7, 11) is 1.65. The van der Waals surface area contributed by atoms with E-state index >= 15 is 0 Å². The Bertz CT molecular complexity index is 760. The fraction of sp³-hybridized carbons (Fsp3) is 0.235. The van der Waals surface area contributed by atoms with Crippen molar-refractivity contribution in [3.8, 4) is 11.5 Å². The van der Waals surface area contributed by atoms with Crippen molar-refractivity contribution in [2.24, 2.45) is 0 Å². The van der Waals surface area contributed by atoms with Gasteiger partial charge in [0.1, 0.15) is 12.3 Å². The van der Waals surface area contributed by atoms with Crippen LogP contribution in [-0.4, -0.2) is 53.2 Å². The molecule has 1 aromatic carbocycles. The third kappa shape index (κ3) is 3.29. The summed E-state index contributed by atoms with van der Waals surface area (Å²) in [6, 6.07) is 10.1. The lowest BCUT2D eigenvalue weighted by molar-refractivity contribution is 0.0520. The van der Waals surface area contributed by atoms with Crippen molar-refractivity contribution >= 4 is 11.9 Å². The van der Waals surface area contributed by atoms with Gasteiger partial charge in [0, 0.05) is 13.2 Å². The van der Waals surface area contributed by atoms with Crippen molar-refractivity contribution in [1.29, 1.82) is 0 Å². The number of likely N-dealkylation sites (N-methyl/N-ethyl adjacent to an activating group) is 1. The number of ether oxygens (including phenoxy) is 2. The van der Waals surface area contributed by atoms with Crippen LogP contribution in [0.25, 0.3) is 0 Å². The summed E-state index contributed by atoms with van der Waals surface area (Å²) in [5.41, 5.74) is 0.217. The Morgan fingerprint density at radius 1 is 1.25 bits per heavy atom. The first kappa shape index (κ1) is 15.8. The molecule has 1 amide bonds. The molecular formula is C17H16N2O5. The first-order valence-corrected chi connectivity index (χ1v) is 7.38. The van der Waals surface area contributed by atoms with Gasteiger partial charge in [-0.2, -0.15) is 0 Å². The maximum Gasteiger partial charge on any atom is 0.354 e. The number of carbonyl (C=O) groups excluding carboxylic acids is 1. The highest BCUT2D eigenvalue weighted by molar-refractivity contribution is 5.94. The molecule has 7 heteroatoms. The highest BCUT2D eigenvalue weighted by atomic mass is 16.6. The molecule has 3 rings (SSSR count). The van der Waals surface area contributed by atoms with Crippen molar-refractivity contribution in [3.63, 3.8) is 0 Å². The van der Waals surface area contributed by atoms with Crippen LogP contribution in [-0.2, 0) is 0 Å². The molecule has 0 saturated carbocycles. The number of pyridine rings is 1. The number of amides is 1. The van der Waals surface area contributed by atoms with Gasteiger partial charge in [0.15, 0.2) is 17.6 Å². The van der Waals surface area contributed by atoms with Crippen LogP contribution in [0, 0.1) is 0 Å². The lowest BCUT2D eigenvalue weighted by atomic mass is 10.2. The number of aromatic carboxylic acids is 1. The molecule has 1 atom stereocenters. The summed E-state index contributed by atoms with van der Waals surface area (Å²) in [5, 5.41) is 8.83. The smallest absolute Gasteiger partial charge is 0.354 e. The highest BCUT2D eigenvalue weighted by Gasteiger charge is 2.24. The van der Waals surface area contributed by atoms with Crippen LogP contribution in [0.2, 0.25) is 0 Å². The Morgan fingerprint density at radius 2 is 2.00 bits per heavy atom. The van der Waals surface area contributed by atoms with Crippen LogP contribution < -0.4 is 9.47 Å². The standard InChI is InChI=1S/C17H16N2O5/c1-19(16(20)11-6-7-13(17(21)22)18-8-11)9-12-10-23-14-4-2-3-5-15(14)24-12/h2-8,12H,9-10H2,1H3,(H,21,22)/t12-/m1/s1. The molecule has 0 aliphatic carbocycles. The van der Waals surface area contributed by atoms with E-state index in [9.17, 15) is 9.59 Å². The van der Waals surface area contributed by atoms with E-state index in [0.29, 0.717) is 30.2 Å². The average molecular weight is 328 g/mol. The molecule has 0 spiro atoms. The minimum absolute atomic E-state index is 0.102. The summed E-state index contributed by atoms with van der Waals surface area (Å²) >= 11 is 0. The fourth-order valence-electron chi connectivity index (χ4n) is 2.41. The minimum atomic E-state index is -1.13. The van der Waals surface area contributed by atoms with Crippen LogP contribution in [0.3, 0.4) is 0 Å². The second-order valence-corrected chi connectivity index (χ2v) is 5.42. The Morgan fingerprint density at radius 3 is 2.67 bits per heavy atom. The second-order valence-electron chi connectivity index (χ2n) is 5.42. The van der Waals surface area contributed by atoms with E-state index < -0.39 is 5.97 Å². The number of benzene rings is 1. The van der Waals surface area contributed by atoms with E-state index in [1.165, 1.54) is 23.2 Å². The average Bonchev–Trinajstić information content (AvgIpc) is 2.61. The number of rotatable bonds is 4. The monoisotopic (exact) mass is 328 g/mol. The first-order valence-electron chi connectivity index (χ1n) is 7.38. The first-order chi connectivity index (χ1) is 11.5. The van der Waals surface area contributed by atoms with Crippen LogP contribution in [0.15, 0.2) is 42.6 Å².